The van der Waals surface area contributed by atoms with Crippen molar-refractivity contribution in [2.45, 2.75) is 38.9 Å². The fourth-order valence-corrected chi connectivity index (χ4v) is 3.29. The summed E-state index contributed by atoms with van der Waals surface area (Å²) in [5.41, 5.74) is 7.93. The number of aliphatic hydroxyl groups is 1. The van der Waals surface area contributed by atoms with Crippen LogP contribution in [0.3, 0.4) is 0 Å². The van der Waals surface area contributed by atoms with E-state index in [1.54, 1.807) is 7.11 Å². The second kappa shape index (κ2) is 6.04. The zero-order chi connectivity index (χ0) is 13.9. The Balaban J connectivity index is 2.15. The van der Waals surface area contributed by atoms with E-state index in [1.807, 2.05) is 24.3 Å². The van der Waals surface area contributed by atoms with E-state index in [-0.39, 0.29) is 5.41 Å². The minimum atomic E-state index is -0.459. The fraction of sp³-hybridized carbons (Fsp3) is 0.625. The highest BCUT2D eigenvalue weighted by Gasteiger charge is 2.42. The van der Waals surface area contributed by atoms with Crippen molar-refractivity contribution in [3.05, 3.63) is 35.4 Å². The molecule has 1 saturated carbocycles. The van der Waals surface area contributed by atoms with Crippen molar-refractivity contribution in [3.63, 3.8) is 0 Å². The SMILES string of the molecule is COCc1ccc(C(O)C2(CN)CCC(C)C2)cc1. The Hall–Kier alpha value is -0.900. The molecule has 1 aliphatic rings. The van der Waals surface area contributed by atoms with Gasteiger partial charge in [0.05, 0.1) is 12.7 Å². The Morgan fingerprint density at radius 3 is 2.58 bits per heavy atom. The van der Waals surface area contributed by atoms with Crippen LogP contribution in [0.2, 0.25) is 0 Å². The molecule has 1 aromatic rings. The molecule has 3 nitrogen and oxygen atoms in total. The molecule has 2 rings (SSSR count). The van der Waals surface area contributed by atoms with Crippen molar-refractivity contribution in [1.29, 1.82) is 0 Å². The number of rotatable bonds is 5. The van der Waals surface area contributed by atoms with E-state index in [2.05, 4.69) is 6.92 Å². The molecule has 0 aromatic heterocycles. The van der Waals surface area contributed by atoms with Crippen LogP contribution in [0.1, 0.15) is 43.4 Å². The Morgan fingerprint density at radius 2 is 2.11 bits per heavy atom. The zero-order valence-corrected chi connectivity index (χ0v) is 11.9. The minimum absolute atomic E-state index is 0.137. The number of methoxy groups -OCH3 is 1. The molecule has 1 aromatic carbocycles. The molecule has 1 fully saturated rings. The molecule has 0 spiro atoms. The Bertz CT molecular complexity index is 404. The first kappa shape index (κ1) is 14.5. The van der Waals surface area contributed by atoms with Crippen LogP contribution in [0.5, 0.6) is 0 Å². The fourth-order valence-electron chi connectivity index (χ4n) is 3.29. The maximum absolute atomic E-state index is 10.7. The average molecular weight is 263 g/mol. The van der Waals surface area contributed by atoms with Gasteiger partial charge < -0.3 is 15.6 Å². The van der Waals surface area contributed by atoms with Gasteiger partial charge in [-0.15, -0.1) is 0 Å². The molecule has 3 unspecified atom stereocenters. The first-order valence-corrected chi connectivity index (χ1v) is 7.07. The summed E-state index contributed by atoms with van der Waals surface area (Å²) in [6.07, 6.45) is 2.74. The summed E-state index contributed by atoms with van der Waals surface area (Å²) in [7, 11) is 1.69. The maximum Gasteiger partial charge on any atom is 0.0858 e. The molecule has 0 bridgehead atoms. The predicted molar refractivity (Wildman–Crippen MR) is 76.6 cm³/mol. The summed E-state index contributed by atoms with van der Waals surface area (Å²) in [5, 5.41) is 10.7. The molecule has 3 N–H and O–H groups in total. The lowest BCUT2D eigenvalue weighted by molar-refractivity contribution is 0.0307. The lowest BCUT2D eigenvalue weighted by Gasteiger charge is -2.33. The number of benzene rings is 1. The number of ether oxygens (including phenoxy) is 1. The second-order valence-electron chi connectivity index (χ2n) is 5.99. The van der Waals surface area contributed by atoms with E-state index in [9.17, 15) is 5.11 Å². The van der Waals surface area contributed by atoms with E-state index >= 15 is 0 Å². The maximum atomic E-state index is 10.7. The normalized spacial score (nSPS) is 28.5. The number of nitrogens with two attached hydrogens (primary N) is 1. The van der Waals surface area contributed by atoms with Gasteiger partial charge in [0.2, 0.25) is 0 Å². The van der Waals surface area contributed by atoms with E-state index < -0.39 is 6.10 Å². The third-order valence-corrected chi connectivity index (χ3v) is 4.48. The summed E-state index contributed by atoms with van der Waals surface area (Å²) < 4.78 is 5.10. The smallest absolute Gasteiger partial charge is 0.0858 e. The summed E-state index contributed by atoms with van der Waals surface area (Å²) in [6, 6.07) is 8.04. The monoisotopic (exact) mass is 263 g/mol. The molecular weight excluding hydrogens is 238 g/mol. The molecular formula is C16H25NO2. The highest BCUT2D eigenvalue weighted by molar-refractivity contribution is 5.25. The Morgan fingerprint density at radius 1 is 1.42 bits per heavy atom. The summed E-state index contributed by atoms with van der Waals surface area (Å²) in [4.78, 5) is 0. The number of hydrogen-bond donors (Lipinski definition) is 2. The molecule has 3 heteroatoms. The first-order valence-electron chi connectivity index (χ1n) is 7.07. The van der Waals surface area contributed by atoms with Gasteiger partial charge in [-0.3, -0.25) is 0 Å². The van der Waals surface area contributed by atoms with Gasteiger partial charge in [0.25, 0.3) is 0 Å². The highest BCUT2D eigenvalue weighted by Crippen LogP contribution is 2.49. The Labute approximate surface area is 115 Å². The lowest BCUT2D eigenvalue weighted by atomic mass is 9.76. The van der Waals surface area contributed by atoms with Gasteiger partial charge in [0.15, 0.2) is 0 Å². The first-order chi connectivity index (χ1) is 9.11. The van der Waals surface area contributed by atoms with Gasteiger partial charge in [-0.1, -0.05) is 37.6 Å². The van der Waals surface area contributed by atoms with Crippen molar-refractivity contribution in [2.75, 3.05) is 13.7 Å². The number of hydrogen-bond acceptors (Lipinski definition) is 3. The Kier molecular flexibility index (Phi) is 4.61. The van der Waals surface area contributed by atoms with Crippen LogP contribution in [-0.2, 0) is 11.3 Å². The minimum Gasteiger partial charge on any atom is -0.388 e. The van der Waals surface area contributed by atoms with Crippen LogP contribution in [0.25, 0.3) is 0 Å². The van der Waals surface area contributed by atoms with Crippen molar-refractivity contribution in [2.24, 2.45) is 17.1 Å². The van der Waals surface area contributed by atoms with Gasteiger partial charge in [-0.05, 0) is 29.9 Å². The van der Waals surface area contributed by atoms with Gasteiger partial charge in [0.1, 0.15) is 0 Å². The molecule has 0 aliphatic heterocycles. The molecule has 0 heterocycles. The molecule has 0 saturated heterocycles. The van der Waals surface area contributed by atoms with Crippen molar-refractivity contribution in [1.82, 2.24) is 0 Å². The largest absolute Gasteiger partial charge is 0.388 e. The lowest BCUT2D eigenvalue weighted by Crippen LogP contribution is -2.34. The summed E-state index contributed by atoms with van der Waals surface area (Å²) in [5.74, 6) is 0.658. The van der Waals surface area contributed by atoms with Crippen molar-refractivity contribution >= 4 is 0 Å². The van der Waals surface area contributed by atoms with Gasteiger partial charge in [-0.2, -0.15) is 0 Å². The zero-order valence-electron chi connectivity index (χ0n) is 11.9. The quantitative estimate of drug-likeness (QED) is 0.858. The molecule has 1 aliphatic carbocycles. The van der Waals surface area contributed by atoms with Gasteiger partial charge in [-0.25, -0.2) is 0 Å². The standard InChI is InChI=1S/C16H25NO2/c1-12-7-8-16(9-12,11-17)15(18)14-5-3-13(4-6-14)10-19-2/h3-6,12,15,18H,7-11,17H2,1-2H3. The number of aliphatic hydroxyl groups excluding tert-OH is 1. The molecule has 0 amide bonds. The molecule has 3 atom stereocenters. The molecule has 19 heavy (non-hydrogen) atoms. The molecule has 106 valence electrons. The van der Waals surface area contributed by atoms with Crippen LogP contribution in [0, 0.1) is 11.3 Å². The van der Waals surface area contributed by atoms with Gasteiger partial charge >= 0.3 is 0 Å². The van der Waals surface area contributed by atoms with Crippen molar-refractivity contribution < 1.29 is 9.84 Å². The van der Waals surface area contributed by atoms with E-state index in [0.717, 1.165) is 30.4 Å². The van der Waals surface area contributed by atoms with Crippen molar-refractivity contribution in [3.8, 4) is 0 Å². The van der Waals surface area contributed by atoms with E-state index in [1.165, 1.54) is 0 Å². The van der Waals surface area contributed by atoms with Crippen LogP contribution >= 0.6 is 0 Å². The second-order valence-corrected chi connectivity index (χ2v) is 5.99. The van der Waals surface area contributed by atoms with Crippen LogP contribution in [0.15, 0.2) is 24.3 Å². The third kappa shape index (κ3) is 2.99. The highest BCUT2D eigenvalue weighted by atomic mass is 16.5. The topological polar surface area (TPSA) is 55.5 Å². The summed E-state index contributed by atoms with van der Waals surface area (Å²) in [6.45, 7) is 3.40. The third-order valence-electron chi connectivity index (χ3n) is 4.48. The summed E-state index contributed by atoms with van der Waals surface area (Å²) >= 11 is 0. The van der Waals surface area contributed by atoms with E-state index in [0.29, 0.717) is 19.1 Å². The average Bonchev–Trinajstić information content (AvgIpc) is 2.82. The van der Waals surface area contributed by atoms with Crippen LogP contribution < -0.4 is 5.73 Å². The van der Waals surface area contributed by atoms with Crippen LogP contribution in [0.4, 0.5) is 0 Å². The van der Waals surface area contributed by atoms with Crippen LogP contribution in [-0.4, -0.2) is 18.8 Å². The molecule has 0 radical (unpaired) electrons. The predicted octanol–water partition coefficient (Wildman–Crippen LogP) is 2.63. The van der Waals surface area contributed by atoms with E-state index in [4.69, 9.17) is 10.5 Å². The van der Waals surface area contributed by atoms with Gasteiger partial charge in [0, 0.05) is 19.1 Å².